The number of hydrogen-bond acceptors (Lipinski definition) is 20. The summed E-state index contributed by atoms with van der Waals surface area (Å²) in [6, 6.07) is 0. The first-order valence-corrected chi connectivity index (χ1v) is 17.3. The third-order valence-corrected chi connectivity index (χ3v) is 9.53. The summed E-state index contributed by atoms with van der Waals surface area (Å²) in [7, 11) is 0. The van der Waals surface area contributed by atoms with E-state index in [1.807, 2.05) is 0 Å². The van der Waals surface area contributed by atoms with Crippen molar-refractivity contribution in [2.45, 2.75) is 150 Å². The molecule has 4 rings (SSSR count). The molecule has 0 saturated carbocycles. The summed E-state index contributed by atoms with van der Waals surface area (Å²) in [5, 5.41) is 128. The largest absolute Gasteiger partial charge is 0.479 e. The Kier molecular flexibility index (Phi) is 15.3. The highest BCUT2D eigenvalue weighted by atomic mass is 16.7. The third-order valence-electron chi connectivity index (χ3n) is 9.53. The van der Waals surface area contributed by atoms with E-state index in [2.05, 4.69) is 5.32 Å². The average molecular weight is 776 g/mol. The van der Waals surface area contributed by atoms with Gasteiger partial charge >= 0.3 is 5.97 Å². The summed E-state index contributed by atoms with van der Waals surface area (Å²) in [5.74, 6) is -2.98. The van der Waals surface area contributed by atoms with Crippen molar-refractivity contribution in [2.24, 2.45) is 11.8 Å². The highest BCUT2D eigenvalue weighted by Crippen LogP contribution is 2.34. The molecule has 0 spiro atoms. The van der Waals surface area contributed by atoms with Crippen molar-refractivity contribution in [2.75, 3.05) is 19.8 Å². The Bertz CT molecular complexity index is 1200. The SMILES string of the molecule is CC(C)CNC(=O)C1OC(OC2C(O)C(CO)OC(OCC3OC(C(C)C)C(O)C(OC4OC(C(=O)O)C(O)C(O)C4O)C3O)C2O)C(O)C(O)C1O. The normalized spacial score (nSPS) is 46.7. The predicted molar refractivity (Wildman–Crippen MR) is 168 cm³/mol. The van der Waals surface area contributed by atoms with Crippen molar-refractivity contribution in [3.8, 4) is 0 Å². The molecular weight excluding hydrogens is 722 g/mol. The molecule has 4 fully saturated rings. The summed E-state index contributed by atoms with van der Waals surface area (Å²) in [6.45, 7) is 5.57. The first kappa shape index (κ1) is 43.9. The second kappa shape index (κ2) is 18.4. The van der Waals surface area contributed by atoms with Crippen molar-refractivity contribution in [3.05, 3.63) is 0 Å². The molecule has 0 aromatic heterocycles. The van der Waals surface area contributed by atoms with E-state index < -0.39 is 154 Å². The minimum Gasteiger partial charge on any atom is -0.479 e. The Morgan fingerprint density at radius 3 is 1.62 bits per heavy atom. The Morgan fingerprint density at radius 2 is 1.11 bits per heavy atom. The van der Waals surface area contributed by atoms with Crippen LogP contribution in [0.5, 0.6) is 0 Å². The molecule has 4 aliphatic rings. The second-order valence-corrected chi connectivity index (χ2v) is 14.4. The average Bonchev–Trinajstić information content (AvgIpc) is 3.10. The van der Waals surface area contributed by atoms with Crippen LogP contribution in [0.2, 0.25) is 0 Å². The maximum Gasteiger partial charge on any atom is 0.335 e. The van der Waals surface area contributed by atoms with Crippen LogP contribution in [-0.2, 0) is 42.7 Å². The van der Waals surface area contributed by atoms with Crippen LogP contribution in [0.3, 0.4) is 0 Å². The number of nitrogens with one attached hydrogen (secondary N) is 1. The fourth-order valence-corrected chi connectivity index (χ4v) is 6.41. The number of rotatable bonds is 13. The molecule has 20 unspecified atom stereocenters. The predicted octanol–water partition coefficient (Wildman–Crippen LogP) is -7.17. The van der Waals surface area contributed by atoms with Crippen LogP contribution in [0.1, 0.15) is 27.7 Å². The van der Waals surface area contributed by atoms with Crippen molar-refractivity contribution < 1.29 is 104 Å². The van der Waals surface area contributed by atoms with Gasteiger partial charge in [-0.25, -0.2) is 4.79 Å². The molecule has 0 bridgehead atoms. The van der Waals surface area contributed by atoms with Gasteiger partial charge in [0, 0.05) is 6.54 Å². The van der Waals surface area contributed by atoms with Crippen LogP contribution in [0.25, 0.3) is 0 Å². The molecule has 0 radical (unpaired) electrons. The molecule has 22 nitrogen and oxygen atoms in total. The van der Waals surface area contributed by atoms with Gasteiger partial charge in [-0.05, 0) is 11.8 Å². The number of aliphatic carboxylic acids is 1. The van der Waals surface area contributed by atoms with E-state index >= 15 is 0 Å². The van der Waals surface area contributed by atoms with E-state index in [0.29, 0.717) is 0 Å². The van der Waals surface area contributed by atoms with E-state index in [4.69, 9.17) is 33.2 Å². The number of aliphatic hydroxyl groups excluding tert-OH is 11. The van der Waals surface area contributed by atoms with Gasteiger partial charge in [-0.1, -0.05) is 27.7 Å². The van der Waals surface area contributed by atoms with E-state index in [1.165, 1.54) is 0 Å². The molecule has 0 aromatic carbocycles. The van der Waals surface area contributed by atoms with E-state index in [9.17, 15) is 70.9 Å². The highest BCUT2D eigenvalue weighted by Gasteiger charge is 2.55. The molecule has 22 heteroatoms. The molecule has 308 valence electrons. The van der Waals surface area contributed by atoms with Gasteiger partial charge < -0.3 is 99.8 Å². The molecule has 20 atom stereocenters. The molecule has 0 aliphatic carbocycles. The van der Waals surface area contributed by atoms with E-state index in [-0.39, 0.29) is 12.5 Å². The van der Waals surface area contributed by atoms with Gasteiger partial charge in [0.2, 0.25) is 0 Å². The maximum atomic E-state index is 12.7. The van der Waals surface area contributed by atoms with Gasteiger partial charge in [-0.15, -0.1) is 0 Å². The first-order valence-electron chi connectivity index (χ1n) is 17.3. The standard InChI is InChI=1S/C31H53NO21/c1-8(2)5-32-27(44)25-16(38)14(36)18(40)30(52-25)51-24-12(34)10(6-33)49-29(21(24)43)47-7-11-13(35)23(20(42)22(48-11)9(3)4)50-31-19(41)15(37)17(39)26(53-31)28(45)46/h8-26,29-31,33-43H,5-7H2,1-4H3,(H,32,44)(H,45,46). The summed E-state index contributed by atoms with van der Waals surface area (Å²) in [4.78, 5) is 24.3. The van der Waals surface area contributed by atoms with Crippen LogP contribution < -0.4 is 5.32 Å². The Hall–Kier alpha value is -1.78. The molecule has 13 N–H and O–H groups in total. The fourth-order valence-electron chi connectivity index (χ4n) is 6.41. The second-order valence-electron chi connectivity index (χ2n) is 14.4. The Morgan fingerprint density at radius 1 is 0.604 bits per heavy atom. The maximum absolute atomic E-state index is 12.7. The molecule has 53 heavy (non-hydrogen) atoms. The molecule has 0 aromatic rings. The number of ether oxygens (including phenoxy) is 7. The minimum absolute atomic E-state index is 0.0105. The van der Waals surface area contributed by atoms with Crippen LogP contribution in [0.15, 0.2) is 0 Å². The van der Waals surface area contributed by atoms with Crippen LogP contribution in [-0.4, -0.2) is 216 Å². The molecule has 4 saturated heterocycles. The lowest BCUT2D eigenvalue weighted by molar-refractivity contribution is -0.362. The van der Waals surface area contributed by atoms with Gasteiger partial charge in [0.1, 0.15) is 85.5 Å². The van der Waals surface area contributed by atoms with Crippen molar-refractivity contribution in [3.63, 3.8) is 0 Å². The van der Waals surface area contributed by atoms with Crippen molar-refractivity contribution >= 4 is 11.9 Å². The van der Waals surface area contributed by atoms with E-state index in [1.54, 1.807) is 27.7 Å². The lowest BCUT2D eigenvalue weighted by atomic mass is 9.89. The van der Waals surface area contributed by atoms with Gasteiger partial charge in [-0.3, -0.25) is 4.79 Å². The molecular formula is C31H53NO21. The number of carboxylic acids is 1. The molecule has 4 heterocycles. The van der Waals surface area contributed by atoms with Gasteiger partial charge in [-0.2, -0.15) is 0 Å². The van der Waals surface area contributed by atoms with Crippen molar-refractivity contribution in [1.82, 2.24) is 5.32 Å². The lowest BCUT2D eigenvalue weighted by Crippen LogP contribution is -2.66. The van der Waals surface area contributed by atoms with Gasteiger partial charge in [0.25, 0.3) is 5.91 Å². The summed E-state index contributed by atoms with van der Waals surface area (Å²) < 4.78 is 38.9. The van der Waals surface area contributed by atoms with E-state index in [0.717, 1.165) is 0 Å². The number of amides is 1. The zero-order valence-electron chi connectivity index (χ0n) is 29.4. The number of carboxylic acid groups (broad SMARTS) is 1. The lowest BCUT2D eigenvalue weighted by Gasteiger charge is -2.48. The number of aliphatic hydroxyl groups is 11. The summed E-state index contributed by atoms with van der Waals surface area (Å²) in [6.07, 6.45) is -36.0. The van der Waals surface area contributed by atoms with Crippen LogP contribution in [0.4, 0.5) is 0 Å². The summed E-state index contributed by atoms with van der Waals surface area (Å²) in [5.41, 5.74) is 0. The minimum atomic E-state index is -2.04. The molecule has 4 aliphatic heterocycles. The smallest absolute Gasteiger partial charge is 0.335 e. The van der Waals surface area contributed by atoms with Crippen molar-refractivity contribution in [1.29, 1.82) is 0 Å². The number of hydrogen-bond donors (Lipinski definition) is 13. The zero-order chi connectivity index (χ0) is 39.6. The monoisotopic (exact) mass is 775 g/mol. The highest BCUT2D eigenvalue weighted by molar-refractivity contribution is 5.81. The fraction of sp³-hybridized carbons (Fsp3) is 0.935. The van der Waals surface area contributed by atoms with Crippen LogP contribution in [0, 0.1) is 11.8 Å². The molecule has 1 amide bonds. The third kappa shape index (κ3) is 9.61. The van der Waals surface area contributed by atoms with Gasteiger partial charge in [0.05, 0.1) is 19.3 Å². The Balaban J connectivity index is 1.49. The Labute approximate surface area is 303 Å². The number of carbonyl (C=O) groups is 2. The quantitative estimate of drug-likeness (QED) is 0.0826. The summed E-state index contributed by atoms with van der Waals surface area (Å²) >= 11 is 0. The van der Waals surface area contributed by atoms with Gasteiger partial charge in [0.15, 0.2) is 31.1 Å². The van der Waals surface area contributed by atoms with Crippen LogP contribution >= 0.6 is 0 Å². The number of carbonyl (C=O) groups excluding carboxylic acids is 1. The topological polar surface area (TPSA) is 354 Å². The first-order chi connectivity index (χ1) is 24.8. The zero-order valence-corrected chi connectivity index (χ0v) is 29.4.